The maximum Gasteiger partial charge on any atom is 0.266 e. The van der Waals surface area contributed by atoms with Crippen molar-refractivity contribution in [1.29, 1.82) is 0 Å². The van der Waals surface area contributed by atoms with Crippen molar-refractivity contribution in [3.8, 4) is 17.2 Å². The number of hydrogen-bond donors (Lipinski definition) is 3. The number of carbonyl (C=O) groups is 1. The van der Waals surface area contributed by atoms with Gasteiger partial charge < -0.3 is 24.1 Å². The van der Waals surface area contributed by atoms with E-state index in [2.05, 4.69) is 17.4 Å². The van der Waals surface area contributed by atoms with Crippen LogP contribution in [0.1, 0.15) is 42.0 Å². The van der Waals surface area contributed by atoms with E-state index in [1.807, 2.05) is 110 Å². The zero-order valence-electron chi connectivity index (χ0n) is 27.3. The lowest BCUT2D eigenvalue weighted by Gasteiger charge is -2.26. The first kappa shape index (κ1) is 34.2. The fourth-order valence-corrected chi connectivity index (χ4v) is 5.27. The molecule has 1 heterocycles. The third kappa shape index (κ3) is 9.02. The molecule has 1 amide bonds. The van der Waals surface area contributed by atoms with E-state index < -0.39 is 11.6 Å². The van der Waals surface area contributed by atoms with Gasteiger partial charge in [0.25, 0.3) is 5.91 Å². The molecular weight excluding hydrogens is 606 g/mol. The number of amides is 1. The number of nitrogens with one attached hydrogen (secondary N) is 2. The summed E-state index contributed by atoms with van der Waals surface area (Å²) in [4.78, 5) is 18.4. The van der Waals surface area contributed by atoms with Crippen LogP contribution in [0.5, 0.6) is 17.2 Å². The molecule has 1 aliphatic heterocycles. The monoisotopic (exact) mass is 649 g/mol. The lowest BCUT2D eigenvalue weighted by molar-refractivity contribution is -0.129. The van der Waals surface area contributed by atoms with Gasteiger partial charge >= 0.3 is 0 Å². The lowest BCUT2D eigenvalue weighted by Crippen LogP contribution is -2.54. The van der Waals surface area contributed by atoms with Crippen molar-refractivity contribution in [2.75, 3.05) is 19.8 Å². The number of hydrazine groups is 1. The minimum Gasteiger partial charge on any atom is -0.494 e. The maximum atomic E-state index is 13.6. The van der Waals surface area contributed by atoms with E-state index in [-0.39, 0.29) is 12.5 Å². The van der Waals surface area contributed by atoms with Crippen LogP contribution < -0.4 is 25.1 Å². The summed E-state index contributed by atoms with van der Waals surface area (Å²) in [6.07, 6.45) is 2.66. The van der Waals surface area contributed by atoms with Crippen LogP contribution in [0.4, 0.5) is 0 Å². The first-order valence-corrected chi connectivity index (χ1v) is 16.2. The number of hydrogen-bond acceptors (Lipinski definition) is 8. The summed E-state index contributed by atoms with van der Waals surface area (Å²) in [5, 5.41) is 8.97. The first-order valence-electron chi connectivity index (χ1n) is 16.2. The Kier molecular flexibility index (Phi) is 12.2. The Balaban J connectivity index is 1.20. The fraction of sp³-hybridized carbons (Fsp3) is 0.282. The van der Waals surface area contributed by atoms with Gasteiger partial charge in [0.2, 0.25) is 5.90 Å². The molecule has 5 rings (SSSR count). The Morgan fingerprint density at radius 2 is 1.56 bits per heavy atom. The molecule has 250 valence electrons. The van der Waals surface area contributed by atoms with Crippen LogP contribution >= 0.6 is 0 Å². The van der Waals surface area contributed by atoms with E-state index >= 15 is 0 Å². The van der Waals surface area contributed by atoms with Crippen LogP contribution in [0.15, 0.2) is 121 Å². The normalized spacial score (nSPS) is 16.8. The molecule has 3 N–H and O–H groups in total. The highest BCUT2D eigenvalue weighted by Crippen LogP contribution is 2.33. The number of carbonyl (C=O) groups excluding carboxylic acids is 1. The molecule has 48 heavy (non-hydrogen) atoms. The van der Waals surface area contributed by atoms with Crippen molar-refractivity contribution in [1.82, 2.24) is 10.9 Å². The van der Waals surface area contributed by atoms with Gasteiger partial charge in [-0.25, -0.2) is 10.4 Å². The van der Waals surface area contributed by atoms with Gasteiger partial charge in [0.05, 0.1) is 6.61 Å². The Morgan fingerprint density at radius 3 is 2.21 bits per heavy atom. The van der Waals surface area contributed by atoms with Crippen molar-refractivity contribution in [3.05, 3.63) is 138 Å². The summed E-state index contributed by atoms with van der Waals surface area (Å²) in [6, 6.07) is 33.3. The molecule has 9 heteroatoms. The molecular formula is C39H43N3O6. The van der Waals surface area contributed by atoms with Gasteiger partial charge in [-0.05, 0) is 66.4 Å². The fourth-order valence-electron chi connectivity index (χ4n) is 5.27. The summed E-state index contributed by atoms with van der Waals surface area (Å²) < 4.78 is 24.1. The molecule has 0 saturated heterocycles. The van der Waals surface area contributed by atoms with Crippen LogP contribution in [-0.4, -0.2) is 48.3 Å². The van der Waals surface area contributed by atoms with Crippen molar-refractivity contribution < 1.29 is 28.8 Å². The minimum absolute atomic E-state index is 0.0755. The Labute approximate surface area is 282 Å². The van der Waals surface area contributed by atoms with E-state index in [4.69, 9.17) is 29.0 Å². The predicted molar refractivity (Wildman–Crippen MR) is 186 cm³/mol. The molecule has 0 fully saturated rings. The molecule has 0 bridgehead atoms. The number of aliphatic imine (C=N–C) groups is 1. The lowest BCUT2D eigenvalue weighted by atomic mass is 9.90. The molecule has 0 saturated carbocycles. The summed E-state index contributed by atoms with van der Waals surface area (Å²) in [5.41, 5.74) is 8.65. The van der Waals surface area contributed by atoms with Crippen LogP contribution in [0, 0.1) is 0 Å². The molecule has 0 aliphatic carbocycles. The molecule has 4 aromatic carbocycles. The second-order valence-corrected chi connectivity index (χ2v) is 11.5. The topological polar surface area (TPSA) is 111 Å². The van der Waals surface area contributed by atoms with Crippen LogP contribution in [0.25, 0.3) is 0 Å². The summed E-state index contributed by atoms with van der Waals surface area (Å²) in [5.74, 6) is 2.09. The molecule has 0 aromatic heterocycles. The van der Waals surface area contributed by atoms with E-state index in [9.17, 15) is 4.79 Å². The van der Waals surface area contributed by atoms with Gasteiger partial charge in [-0.2, -0.15) is 0 Å². The van der Waals surface area contributed by atoms with Crippen molar-refractivity contribution in [2.24, 2.45) is 4.99 Å². The number of ether oxygens (including phenoxy) is 4. The minimum atomic E-state index is -1.17. The number of rotatable bonds is 18. The zero-order chi connectivity index (χ0) is 33.6. The van der Waals surface area contributed by atoms with Crippen LogP contribution in [0.2, 0.25) is 0 Å². The molecule has 4 aromatic rings. The highest BCUT2D eigenvalue weighted by Gasteiger charge is 2.49. The van der Waals surface area contributed by atoms with Gasteiger partial charge in [0, 0.05) is 31.6 Å². The van der Waals surface area contributed by atoms with Gasteiger partial charge in [0.15, 0.2) is 17.0 Å². The third-order valence-corrected chi connectivity index (χ3v) is 8.01. The highest BCUT2D eigenvalue weighted by molar-refractivity contribution is 6.00. The summed E-state index contributed by atoms with van der Waals surface area (Å²) in [7, 11) is 0. The van der Waals surface area contributed by atoms with E-state index in [1.54, 1.807) is 6.08 Å². The molecule has 0 unspecified atom stereocenters. The highest BCUT2D eigenvalue weighted by atomic mass is 16.5. The number of aliphatic hydroxyl groups excluding tert-OH is 1. The second kappa shape index (κ2) is 17.2. The molecule has 1 aliphatic rings. The van der Waals surface area contributed by atoms with Gasteiger partial charge in [-0.15, -0.1) is 6.58 Å². The molecule has 0 radical (unpaired) electrons. The summed E-state index contributed by atoms with van der Waals surface area (Å²) in [6.45, 7) is 7.52. The quantitative estimate of drug-likeness (QED) is 0.0694. The Morgan fingerprint density at radius 1 is 0.896 bits per heavy atom. The predicted octanol–water partition coefficient (Wildman–Crippen LogP) is 5.95. The number of benzene rings is 4. The van der Waals surface area contributed by atoms with Crippen LogP contribution in [0.3, 0.4) is 0 Å². The third-order valence-electron chi connectivity index (χ3n) is 8.01. The Bertz CT molecular complexity index is 1650. The smallest absolute Gasteiger partial charge is 0.266 e. The van der Waals surface area contributed by atoms with Gasteiger partial charge in [-0.1, -0.05) is 72.8 Å². The van der Waals surface area contributed by atoms with Gasteiger partial charge in [-0.3, -0.25) is 10.2 Å². The molecule has 2 atom stereocenters. The van der Waals surface area contributed by atoms with Gasteiger partial charge in [0.1, 0.15) is 25.1 Å². The average molecular weight is 650 g/mol. The first-order chi connectivity index (χ1) is 23.5. The summed E-state index contributed by atoms with van der Waals surface area (Å²) >= 11 is 0. The van der Waals surface area contributed by atoms with E-state index in [0.717, 1.165) is 22.3 Å². The largest absolute Gasteiger partial charge is 0.494 e. The van der Waals surface area contributed by atoms with Crippen LogP contribution in [-0.2, 0) is 29.2 Å². The second-order valence-electron chi connectivity index (χ2n) is 11.5. The number of nitrogens with zero attached hydrogens (tertiary/aromatic N) is 1. The molecule has 0 spiro atoms. The van der Waals surface area contributed by atoms with E-state index in [0.29, 0.717) is 68.8 Å². The zero-order valence-corrected chi connectivity index (χ0v) is 27.3. The maximum absolute atomic E-state index is 13.6. The standard InChI is InChI=1S/C39H43N3O6/c1-3-22-39(29(2)48-37(41-39)33-16-18-34(19-17-33)45-25-10-24-43)38(44)42-40-23-21-30-15-20-35(46-27-31-11-6-4-7-12-31)36(26-30)47-28-32-13-8-5-9-14-32/h3-9,11-20,26,29,40,43H,1,10,21-25,27-28H2,2H3,(H,42,44)/t29-,39-/m0/s1. The Hall–Kier alpha value is -5.12. The van der Waals surface area contributed by atoms with Crippen molar-refractivity contribution in [2.45, 2.75) is 51.0 Å². The molecule has 9 nitrogen and oxygen atoms in total. The number of aliphatic hydroxyl groups is 1. The van der Waals surface area contributed by atoms with Crippen molar-refractivity contribution in [3.63, 3.8) is 0 Å². The average Bonchev–Trinajstić information content (AvgIpc) is 3.46. The SMILES string of the molecule is C=CC[C@]1(C(=O)NNCCc2ccc(OCc3ccccc3)c(OCc3ccccc3)c2)N=C(c2ccc(OCCCO)cc2)O[C@H]1C. The van der Waals surface area contributed by atoms with Crippen molar-refractivity contribution >= 4 is 11.8 Å². The van der Waals surface area contributed by atoms with E-state index in [1.165, 1.54) is 0 Å².